The highest BCUT2D eigenvalue weighted by Crippen LogP contribution is 2.33. The van der Waals surface area contributed by atoms with E-state index >= 15 is 0 Å². The van der Waals surface area contributed by atoms with Crippen molar-refractivity contribution in [2.45, 2.75) is 54.4 Å². The first-order chi connectivity index (χ1) is 15.2. The second-order valence-electron chi connectivity index (χ2n) is 8.02. The lowest BCUT2D eigenvalue weighted by Crippen LogP contribution is -2.05. The molecule has 0 aliphatic carbocycles. The Bertz CT molecular complexity index is 1120. The molecule has 32 heavy (non-hydrogen) atoms. The van der Waals surface area contributed by atoms with Crippen molar-refractivity contribution in [2.75, 3.05) is 0 Å². The summed E-state index contributed by atoms with van der Waals surface area (Å²) in [5.74, 6) is 0. The zero-order valence-corrected chi connectivity index (χ0v) is 21.1. The van der Waals surface area contributed by atoms with E-state index in [1.165, 1.54) is 0 Å². The Morgan fingerprint density at radius 2 is 1.16 bits per heavy atom. The summed E-state index contributed by atoms with van der Waals surface area (Å²) in [6.45, 7) is 12.2. The standard InChI is InChI=1S/C27H29Cl2N3/c1-7-20-12-16(3)14-22(28)26(20)30-18(5)24-10-9-11-25(32-24)19(6)31-27-21(8-2)13-17(4)15-23(27)29/h9-15H,7-8H2,1-6H3/b30-18+,31-19+. The quantitative estimate of drug-likeness (QED) is 0.336. The molecule has 0 aliphatic rings. The van der Waals surface area contributed by atoms with Crippen molar-refractivity contribution < 1.29 is 0 Å². The summed E-state index contributed by atoms with van der Waals surface area (Å²) in [5, 5.41) is 1.33. The first-order valence-electron chi connectivity index (χ1n) is 10.9. The van der Waals surface area contributed by atoms with Gasteiger partial charge in [0.25, 0.3) is 0 Å². The fraction of sp³-hybridized carbons (Fsp3) is 0.296. The number of halogens is 2. The van der Waals surface area contributed by atoms with Crippen molar-refractivity contribution in [1.29, 1.82) is 0 Å². The van der Waals surface area contributed by atoms with Gasteiger partial charge in [0.05, 0.1) is 44.2 Å². The van der Waals surface area contributed by atoms with E-state index in [4.69, 9.17) is 38.2 Å². The van der Waals surface area contributed by atoms with E-state index in [2.05, 4.69) is 26.0 Å². The third-order valence-corrected chi connectivity index (χ3v) is 5.96. The van der Waals surface area contributed by atoms with Gasteiger partial charge in [-0.1, -0.05) is 55.2 Å². The summed E-state index contributed by atoms with van der Waals surface area (Å²) in [4.78, 5) is 14.5. The molecular formula is C27H29Cl2N3. The molecule has 0 N–H and O–H groups in total. The molecule has 0 radical (unpaired) electrons. The molecule has 3 rings (SSSR count). The predicted molar refractivity (Wildman–Crippen MR) is 139 cm³/mol. The number of hydrogen-bond donors (Lipinski definition) is 0. The topological polar surface area (TPSA) is 37.6 Å². The van der Waals surface area contributed by atoms with Gasteiger partial charge in [0, 0.05) is 0 Å². The van der Waals surface area contributed by atoms with E-state index in [1.54, 1.807) is 0 Å². The minimum atomic E-state index is 0.663. The molecule has 1 heterocycles. The lowest BCUT2D eigenvalue weighted by atomic mass is 10.1. The third-order valence-electron chi connectivity index (χ3n) is 5.38. The summed E-state index contributed by atoms with van der Waals surface area (Å²) < 4.78 is 0. The Morgan fingerprint density at radius 1 is 0.750 bits per heavy atom. The van der Waals surface area contributed by atoms with Gasteiger partial charge < -0.3 is 0 Å². The van der Waals surface area contributed by atoms with Crippen LogP contribution in [0.3, 0.4) is 0 Å². The molecule has 0 atom stereocenters. The van der Waals surface area contributed by atoms with E-state index in [-0.39, 0.29) is 0 Å². The van der Waals surface area contributed by atoms with Gasteiger partial charge in [-0.25, -0.2) is 15.0 Å². The molecule has 0 saturated heterocycles. The Kier molecular flexibility index (Phi) is 7.86. The number of benzene rings is 2. The van der Waals surface area contributed by atoms with Gasteiger partial charge in [-0.15, -0.1) is 0 Å². The van der Waals surface area contributed by atoms with E-state index in [9.17, 15) is 0 Å². The molecule has 0 bridgehead atoms. The van der Waals surface area contributed by atoms with Crippen LogP contribution in [-0.4, -0.2) is 16.4 Å². The number of pyridine rings is 1. The van der Waals surface area contributed by atoms with Crippen LogP contribution in [0.4, 0.5) is 11.4 Å². The second-order valence-corrected chi connectivity index (χ2v) is 8.83. The smallest absolute Gasteiger partial charge is 0.0851 e. The number of nitrogens with zero attached hydrogens (tertiary/aromatic N) is 3. The summed E-state index contributed by atoms with van der Waals surface area (Å²) in [6.07, 6.45) is 1.73. The van der Waals surface area contributed by atoms with Crippen LogP contribution in [0.1, 0.15) is 61.3 Å². The fourth-order valence-corrected chi connectivity index (χ4v) is 4.36. The number of aromatic nitrogens is 1. The van der Waals surface area contributed by atoms with Gasteiger partial charge in [0.1, 0.15) is 0 Å². The Morgan fingerprint density at radius 3 is 1.53 bits per heavy atom. The molecule has 0 unspecified atom stereocenters. The molecule has 0 fully saturated rings. The van der Waals surface area contributed by atoms with Crippen LogP contribution in [0.2, 0.25) is 10.0 Å². The van der Waals surface area contributed by atoms with Crippen molar-refractivity contribution in [3.63, 3.8) is 0 Å². The molecule has 2 aromatic carbocycles. The van der Waals surface area contributed by atoms with Gasteiger partial charge in [-0.3, -0.25) is 0 Å². The fourth-order valence-electron chi connectivity index (χ4n) is 3.69. The Labute approximate surface area is 201 Å². The minimum Gasteiger partial charge on any atom is -0.250 e. The Hall–Kier alpha value is -2.49. The van der Waals surface area contributed by atoms with Crippen molar-refractivity contribution in [3.8, 4) is 0 Å². The number of aryl methyl sites for hydroxylation is 4. The van der Waals surface area contributed by atoms with Gasteiger partial charge in [-0.05, 0) is 87.1 Å². The average Bonchev–Trinajstić information content (AvgIpc) is 2.76. The number of rotatable bonds is 6. The molecule has 0 saturated carbocycles. The highest BCUT2D eigenvalue weighted by molar-refractivity contribution is 6.33. The lowest BCUT2D eigenvalue weighted by Gasteiger charge is -2.11. The first-order valence-corrected chi connectivity index (χ1v) is 11.7. The summed E-state index contributed by atoms with van der Waals surface area (Å²) >= 11 is 13.0. The van der Waals surface area contributed by atoms with Crippen LogP contribution in [0.25, 0.3) is 0 Å². The minimum absolute atomic E-state index is 0.663. The molecule has 5 heteroatoms. The molecule has 3 nitrogen and oxygen atoms in total. The largest absolute Gasteiger partial charge is 0.250 e. The normalized spacial score (nSPS) is 12.4. The van der Waals surface area contributed by atoms with E-state index < -0.39 is 0 Å². The molecule has 0 spiro atoms. The average molecular weight is 466 g/mol. The maximum Gasteiger partial charge on any atom is 0.0851 e. The van der Waals surface area contributed by atoms with Crippen LogP contribution in [0, 0.1) is 13.8 Å². The van der Waals surface area contributed by atoms with Gasteiger partial charge in [0.2, 0.25) is 0 Å². The zero-order valence-electron chi connectivity index (χ0n) is 19.6. The Balaban J connectivity index is 2.01. The number of hydrogen-bond acceptors (Lipinski definition) is 3. The SMILES string of the molecule is CCc1cc(C)cc(Cl)c1/N=C(\C)c1cccc(/C(C)=N/c2c(Cl)cc(C)cc2CC)n1. The van der Waals surface area contributed by atoms with Crippen LogP contribution in [0.5, 0.6) is 0 Å². The van der Waals surface area contributed by atoms with Gasteiger partial charge in [0.15, 0.2) is 0 Å². The van der Waals surface area contributed by atoms with Crippen molar-refractivity contribution in [3.05, 3.63) is 86.2 Å². The zero-order chi connectivity index (χ0) is 23.4. The van der Waals surface area contributed by atoms with Crippen LogP contribution < -0.4 is 0 Å². The van der Waals surface area contributed by atoms with Gasteiger partial charge in [-0.2, -0.15) is 0 Å². The van der Waals surface area contributed by atoms with Crippen molar-refractivity contribution in [2.24, 2.45) is 9.98 Å². The summed E-state index contributed by atoms with van der Waals surface area (Å²) in [6, 6.07) is 14.1. The third kappa shape index (κ3) is 5.46. The summed E-state index contributed by atoms with van der Waals surface area (Å²) in [5.41, 5.74) is 9.36. The van der Waals surface area contributed by atoms with E-state index in [0.717, 1.165) is 69.3 Å². The van der Waals surface area contributed by atoms with Gasteiger partial charge >= 0.3 is 0 Å². The van der Waals surface area contributed by atoms with Crippen molar-refractivity contribution in [1.82, 2.24) is 4.98 Å². The first kappa shape index (κ1) is 24.2. The predicted octanol–water partition coefficient (Wildman–Crippen LogP) is 8.41. The van der Waals surface area contributed by atoms with E-state index in [0.29, 0.717) is 10.0 Å². The molecule has 0 aliphatic heterocycles. The summed E-state index contributed by atoms with van der Waals surface area (Å²) in [7, 11) is 0. The van der Waals surface area contributed by atoms with E-state index in [1.807, 2.05) is 58.0 Å². The molecule has 3 aromatic rings. The monoisotopic (exact) mass is 465 g/mol. The molecule has 1 aromatic heterocycles. The molecule has 166 valence electrons. The van der Waals surface area contributed by atoms with Crippen LogP contribution in [0.15, 0.2) is 52.4 Å². The van der Waals surface area contributed by atoms with Crippen LogP contribution in [-0.2, 0) is 12.8 Å². The molecule has 0 amide bonds. The molecular weight excluding hydrogens is 437 g/mol. The maximum absolute atomic E-state index is 6.51. The number of aliphatic imine (C=N–C) groups is 2. The highest BCUT2D eigenvalue weighted by Gasteiger charge is 2.11. The van der Waals surface area contributed by atoms with Crippen molar-refractivity contribution >= 4 is 46.0 Å². The lowest BCUT2D eigenvalue weighted by molar-refractivity contribution is 1.12. The van der Waals surface area contributed by atoms with Crippen LogP contribution >= 0.6 is 23.2 Å². The maximum atomic E-state index is 6.51. The highest BCUT2D eigenvalue weighted by atomic mass is 35.5. The second kappa shape index (κ2) is 10.4.